The van der Waals surface area contributed by atoms with E-state index in [0.717, 1.165) is 22.4 Å². The van der Waals surface area contributed by atoms with E-state index in [4.69, 9.17) is 4.74 Å². The maximum Gasteiger partial charge on any atom is 0.127 e. The zero-order valence-electron chi connectivity index (χ0n) is 13.3. The van der Waals surface area contributed by atoms with Gasteiger partial charge in [0.05, 0.1) is 0 Å². The van der Waals surface area contributed by atoms with Gasteiger partial charge in [0.15, 0.2) is 0 Å². The van der Waals surface area contributed by atoms with Gasteiger partial charge in [0.1, 0.15) is 12.4 Å². The van der Waals surface area contributed by atoms with Gasteiger partial charge < -0.3 is 4.74 Å². The summed E-state index contributed by atoms with van der Waals surface area (Å²) < 4.78 is 6.10. The Labute approximate surface area is 137 Å². The lowest BCUT2D eigenvalue weighted by atomic mass is 9.98. The molecule has 0 aliphatic heterocycles. The van der Waals surface area contributed by atoms with Gasteiger partial charge in [-0.15, -0.1) is 0 Å². The Hall–Kier alpha value is -2.80. The first-order valence-corrected chi connectivity index (χ1v) is 7.77. The minimum Gasteiger partial charge on any atom is -0.488 e. The molecule has 0 heterocycles. The van der Waals surface area contributed by atoms with E-state index in [1.807, 2.05) is 36.4 Å². The molecule has 0 spiro atoms. The molecule has 3 rings (SSSR count). The predicted octanol–water partition coefficient (Wildman–Crippen LogP) is 5.88. The van der Waals surface area contributed by atoms with Crippen LogP contribution in [0.25, 0.3) is 17.2 Å². The molecule has 0 saturated heterocycles. The molecule has 0 amide bonds. The first kappa shape index (κ1) is 15.1. The van der Waals surface area contributed by atoms with Crippen LogP contribution in [0.5, 0.6) is 5.75 Å². The second kappa shape index (κ2) is 6.97. The third-order valence-corrected chi connectivity index (χ3v) is 3.91. The van der Waals surface area contributed by atoms with Crippen LogP contribution in [0, 0.1) is 6.92 Å². The third-order valence-electron chi connectivity index (χ3n) is 3.91. The molecular weight excluding hydrogens is 280 g/mol. The van der Waals surface area contributed by atoms with Crippen molar-refractivity contribution in [3.63, 3.8) is 0 Å². The molecule has 1 nitrogen and oxygen atoms in total. The fourth-order valence-corrected chi connectivity index (χ4v) is 2.62. The lowest BCUT2D eigenvalue weighted by Gasteiger charge is -2.14. The van der Waals surface area contributed by atoms with E-state index < -0.39 is 0 Å². The quantitative estimate of drug-likeness (QED) is 0.571. The maximum absolute atomic E-state index is 6.10. The molecule has 23 heavy (non-hydrogen) atoms. The summed E-state index contributed by atoms with van der Waals surface area (Å²) in [6.07, 6.45) is 1.86. The highest BCUT2D eigenvalue weighted by molar-refractivity contribution is 5.75. The minimum absolute atomic E-state index is 0.563. The molecule has 1 heteroatoms. The minimum atomic E-state index is 0.563. The van der Waals surface area contributed by atoms with E-state index in [2.05, 4.69) is 56.0 Å². The molecule has 0 atom stereocenters. The molecule has 0 unspecified atom stereocenters. The first-order valence-electron chi connectivity index (χ1n) is 7.77. The Morgan fingerprint density at radius 1 is 0.870 bits per heavy atom. The first-order chi connectivity index (χ1) is 11.3. The molecule has 0 N–H and O–H groups in total. The van der Waals surface area contributed by atoms with Crippen LogP contribution >= 0.6 is 0 Å². The van der Waals surface area contributed by atoms with E-state index in [9.17, 15) is 0 Å². The molecule has 3 aromatic rings. The van der Waals surface area contributed by atoms with Gasteiger partial charge in [0.25, 0.3) is 0 Å². The fourth-order valence-electron chi connectivity index (χ4n) is 2.62. The number of hydrogen-bond acceptors (Lipinski definition) is 1. The Morgan fingerprint density at radius 3 is 2.35 bits per heavy atom. The van der Waals surface area contributed by atoms with Gasteiger partial charge in [-0.25, -0.2) is 0 Å². The van der Waals surface area contributed by atoms with Crippen LogP contribution in [0.1, 0.15) is 16.7 Å². The van der Waals surface area contributed by atoms with Crippen LogP contribution in [-0.2, 0) is 6.61 Å². The van der Waals surface area contributed by atoms with E-state index in [1.54, 1.807) is 0 Å². The smallest absolute Gasteiger partial charge is 0.127 e. The summed E-state index contributed by atoms with van der Waals surface area (Å²) in [6.45, 7) is 6.56. The average Bonchev–Trinajstić information content (AvgIpc) is 2.61. The second-order valence-corrected chi connectivity index (χ2v) is 5.55. The highest BCUT2D eigenvalue weighted by Crippen LogP contribution is 2.34. The van der Waals surface area contributed by atoms with Crippen molar-refractivity contribution >= 4 is 6.08 Å². The second-order valence-electron chi connectivity index (χ2n) is 5.55. The summed E-state index contributed by atoms with van der Waals surface area (Å²) in [7, 11) is 0. The molecule has 3 aromatic carbocycles. The Balaban J connectivity index is 1.96. The van der Waals surface area contributed by atoms with Crippen molar-refractivity contribution in [2.24, 2.45) is 0 Å². The summed E-state index contributed by atoms with van der Waals surface area (Å²) in [5.41, 5.74) is 5.79. The Morgan fingerprint density at radius 2 is 1.61 bits per heavy atom. The number of aryl methyl sites for hydroxylation is 1. The molecule has 0 saturated carbocycles. The summed E-state index contributed by atoms with van der Waals surface area (Å²) in [5, 5.41) is 0. The topological polar surface area (TPSA) is 9.23 Å². The van der Waals surface area contributed by atoms with Crippen LogP contribution in [-0.4, -0.2) is 0 Å². The standard InChI is InChI=1S/C22H20O/c1-3-18-13-14-22(23-16-19-10-5-4-6-11-19)21(15-18)20-12-8-7-9-17(20)2/h3-15H,1,16H2,2H3. The van der Waals surface area contributed by atoms with Crippen LogP contribution in [0.3, 0.4) is 0 Å². The number of benzene rings is 3. The van der Waals surface area contributed by atoms with Crippen molar-refractivity contribution in [3.05, 3.63) is 96.1 Å². The van der Waals surface area contributed by atoms with Gasteiger partial charge in [-0.1, -0.05) is 73.3 Å². The van der Waals surface area contributed by atoms with Crippen LogP contribution < -0.4 is 4.74 Å². The predicted molar refractivity (Wildman–Crippen MR) is 97.5 cm³/mol. The van der Waals surface area contributed by atoms with Gasteiger partial charge in [0, 0.05) is 5.56 Å². The number of hydrogen-bond donors (Lipinski definition) is 0. The lowest BCUT2D eigenvalue weighted by Crippen LogP contribution is -1.97. The third kappa shape index (κ3) is 3.51. The number of rotatable bonds is 5. The van der Waals surface area contributed by atoms with Gasteiger partial charge in [-0.2, -0.15) is 0 Å². The average molecular weight is 300 g/mol. The monoisotopic (exact) mass is 300 g/mol. The molecule has 0 aromatic heterocycles. The summed E-state index contributed by atoms with van der Waals surface area (Å²) in [6, 6.07) is 24.8. The van der Waals surface area contributed by atoms with E-state index in [1.165, 1.54) is 11.1 Å². The van der Waals surface area contributed by atoms with Gasteiger partial charge in [-0.05, 0) is 41.3 Å². The van der Waals surface area contributed by atoms with Crippen LogP contribution in [0.15, 0.2) is 79.4 Å². The molecule has 0 radical (unpaired) electrons. The van der Waals surface area contributed by atoms with Crippen LogP contribution in [0.2, 0.25) is 0 Å². The number of ether oxygens (including phenoxy) is 1. The lowest BCUT2D eigenvalue weighted by molar-refractivity contribution is 0.307. The largest absolute Gasteiger partial charge is 0.488 e. The van der Waals surface area contributed by atoms with Crippen molar-refractivity contribution in [2.45, 2.75) is 13.5 Å². The molecule has 0 bridgehead atoms. The zero-order valence-corrected chi connectivity index (χ0v) is 13.3. The Kier molecular flexibility index (Phi) is 4.58. The van der Waals surface area contributed by atoms with Crippen LogP contribution in [0.4, 0.5) is 0 Å². The summed E-state index contributed by atoms with van der Waals surface area (Å²) in [5.74, 6) is 0.897. The van der Waals surface area contributed by atoms with Crippen molar-refractivity contribution in [1.82, 2.24) is 0 Å². The van der Waals surface area contributed by atoms with Crippen molar-refractivity contribution in [2.75, 3.05) is 0 Å². The normalized spacial score (nSPS) is 10.3. The van der Waals surface area contributed by atoms with Gasteiger partial charge >= 0.3 is 0 Å². The molecule has 0 aliphatic carbocycles. The molecular formula is C22H20O. The SMILES string of the molecule is C=Cc1ccc(OCc2ccccc2)c(-c2ccccc2C)c1. The van der Waals surface area contributed by atoms with Gasteiger partial charge in [0.2, 0.25) is 0 Å². The zero-order chi connectivity index (χ0) is 16.1. The van der Waals surface area contributed by atoms with E-state index in [-0.39, 0.29) is 0 Å². The maximum atomic E-state index is 6.10. The molecule has 0 fully saturated rings. The van der Waals surface area contributed by atoms with Crippen molar-refractivity contribution < 1.29 is 4.74 Å². The summed E-state index contributed by atoms with van der Waals surface area (Å²) >= 11 is 0. The summed E-state index contributed by atoms with van der Waals surface area (Å²) in [4.78, 5) is 0. The van der Waals surface area contributed by atoms with Crippen molar-refractivity contribution in [1.29, 1.82) is 0 Å². The Bertz CT molecular complexity index is 803. The molecule has 114 valence electrons. The molecule has 0 aliphatic rings. The highest BCUT2D eigenvalue weighted by Gasteiger charge is 2.09. The van der Waals surface area contributed by atoms with Gasteiger partial charge in [-0.3, -0.25) is 0 Å². The fraction of sp³-hybridized carbons (Fsp3) is 0.0909. The van der Waals surface area contributed by atoms with E-state index in [0.29, 0.717) is 6.61 Å². The van der Waals surface area contributed by atoms with Crippen molar-refractivity contribution in [3.8, 4) is 16.9 Å². The highest BCUT2D eigenvalue weighted by atomic mass is 16.5. The van der Waals surface area contributed by atoms with E-state index >= 15 is 0 Å².